The molecule has 0 aliphatic heterocycles. The van der Waals surface area contributed by atoms with Gasteiger partial charge in [0.15, 0.2) is 5.82 Å². The van der Waals surface area contributed by atoms with Crippen LogP contribution in [0.25, 0.3) is 22.5 Å². The van der Waals surface area contributed by atoms with Gasteiger partial charge in [0.25, 0.3) is 0 Å². The molecule has 0 saturated carbocycles. The molecule has 4 aromatic rings. The molecule has 0 atom stereocenters. The molecule has 6 nitrogen and oxygen atoms in total. The third-order valence-corrected chi connectivity index (χ3v) is 4.69. The van der Waals surface area contributed by atoms with Gasteiger partial charge in [-0.25, -0.2) is 4.98 Å². The number of ether oxygens (including phenoxy) is 1. The monoisotopic (exact) mass is 449 g/mol. The van der Waals surface area contributed by atoms with Crippen molar-refractivity contribution in [3.05, 3.63) is 84.2 Å². The van der Waals surface area contributed by atoms with Crippen molar-refractivity contribution >= 4 is 12.0 Å². The summed E-state index contributed by atoms with van der Waals surface area (Å²) in [6, 6.07) is 15.3. The number of nitrogen functional groups attached to an aromatic ring is 1. The van der Waals surface area contributed by atoms with Crippen molar-refractivity contribution in [1.82, 2.24) is 15.0 Å². The molecule has 166 valence electrons. The fraction of sp³-hybridized carbons (Fsp3) is 0.0833. The normalized spacial score (nSPS) is 11.6. The highest BCUT2D eigenvalue weighted by Crippen LogP contribution is 2.34. The van der Waals surface area contributed by atoms with E-state index in [0.29, 0.717) is 33.8 Å². The summed E-state index contributed by atoms with van der Waals surface area (Å²) in [4.78, 5) is 16.8. The number of alkyl halides is 3. The summed E-state index contributed by atoms with van der Waals surface area (Å²) in [5.74, 6) is 1.01. The van der Waals surface area contributed by atoms with Gasteiger partial charge in [0.2, 0.25) is 5.88 Å². The zero-order valence-corrected chi connectivity index (χ0v) is 17.4. The van der Waals surface area contributed by atoms with Crippen LogP contribution in [0.15, 0.2) is 78.0 Å². The Hall–Kier alpha value is -4.27. The minimum Gasteiger partial charge on any atom is -0.438 e. The largest absolute Gasteiger partial charge is 0.438 e. The molecule has 2 aromatic heterocycles. The Labute approximate surface area is 187 Å². The van der Waals surface area contributed by atoms with Gasteiger partial charge in [-0.3, -0.25) is 9.98 Å². The van der Waals surface area contributed by atoms with Crippen molar-refractivity contribution in [2.45, 2.75) is 6.18 Å². The van der Waals surface area contributed by atoms with Crippen LogP contribution in [0.4, 0.5) is 19.0 Å². The molecule has 2 aromatic carbocycles. The average molecular weight is 449 g/mol. The molecule has 0 fully saturated rings. The van der Waals surface area contributed by atoms with Crippen LogP contribution in [-0.4, -0.2) is 28.2 Å². The maximum absolute atomic E-state index is 13.1. The number of hydrogen-bond donors (Lipinski definition) is 1. The predicted octanol–water partition coefficient (Wildman–Crippen LogP) is 5.65. The third kappa shape index (κ3) is 4.98. The smallest absolute Gasteiger partial charge is 0.416 e. The second-order valence-electron chi connectivity index (χ2n) is 6.99. The van der Waals surface area contributed by atoms with E-state index in [1.807, 2.05) is 0 Å². The molecule has 0 bridgehead atoms. The van der Waals surface area contributed by atoms with Crippen LogP contribution in [0, 0.1) is 0 Å². The van der Waals surface area contributed by atoms with Gasteiger partial charge in [-0.05, 0) is 47.5 Å². The van der Waals surface area contributed by atoms with Gasteiger partial charge < -0.3 is 10.5 Å². The number of halogens is 3. The summed E-state index contributed by atoms with van der Waals surface area (Å²) in [6.45, 7) is 0. The lowest BCUT2D eigenvalue weighted by Crippen LogP contribution is -2.05. The lowest BCUT2D eigenvalue weighted by molar-refractivity contribution is -0.137. The van der Waals surface area contributed by atoms with Crippen LogP contribution in [0.3, 0.4) is 0 Å². The second-order valence-corrected chi connectivity index (χ2v) is 6.99. The highest BCUT2D eigenvalue weighted by atomic mass is 19.4. The van der Waals surface area contributed by atoms with E-state index >= 15 is 0 Å². The molecular formula is C24H18F3N5O. The first-order valence-electron chi connectivity index (χ1n) is 9.81. The number of rotatable bonds is 5. The fourth-order valence-corrected chi connectivity index (χ4v) is 3.14. The molecule has 0 spiro atoms. The standard InChI is InChI=1S/C24H18F3N5O/c1-29-14-20-21(28)31-22(17-7-4-10-30-13-17)32-23(20)33-19-9-3-6-16(12-19)15-5-2-8-18(11-15)24(25,26)27/h2-14H,1H3,(H2,28,31,32). The van der Waals surface area contributed by atoms with Gasteiger partial charge in [0.1, 0.15) is 11.6 Å². The molecule has 4 rings (SSSR count). The van der Waals surface area contributed by atoms with Crippen LogP contribution in [0.2, 0.25) is 0 Å². The topological polar surface area (TPSA) is 86.3 Å². The Balaban J connectivity index is 1.73. The highest BCUT2D eigenvalue weighted by molar-refractivity contribution is 5.89. The number of pyridine rings is 1. The van der Waals surface area contributed by atoms with E-state index in [0.717, 1.165) is 12.1 Å². The summed E-state index contributed by atoms with van der Waals surface area (Å²) >= 11 is 0. The number of benzene rings is 2. The summed E-state index contributed by atoms with van der Waals surface area (Å²) < 4.78 is 45.3. The van der Waals surface area contributed by atoms with Crippen LogP contribution >= 0.6 is 0 Å². The van der Waals surface area contributed by atoms with Crippen molar-refractivity contribution < 1.29 is 17.9 Å². The first-order valence-corrected chi connectivity index (χ1v) is 9.81. The Bertz CT molecular complexity index is 1310. The molecule has 0 radical (unpaired) electrons. The van der Waals surface area contributed by atoms with E-state index in [1.54, 1.807) is 61.9 Å². The second kappa shape index (κ2) is 9.07. The van der Waals surface area contributed by atoms with E-state index in [-0.39, 0.29) is 11.7 Å². The number of aromatic nitrogens is 3. The number of nitrogens with zero attached hydrogens (tertiary/aromatic N) is 4. The van der Waals surface area contributed by atoms with Crippen molar-refractivity contribution in [2.75, 3.05) is 12.8 Å². The van der Waals surface area contributed by atoms with Crippen LogP contribution in [0.5, 0.6) is 11.6 Å². The first kappa shape index (κ1) is 21.9. The van der Waals surface area contributed by atoms with Crippen molar-refractivity contribution in [2.24, 2.45) is 4.99 Å². The van der Waals surface area contributed by atoms with Crippen molar-refractivity contribution in [3.63, 3.8) is 0 Å². The summed E-state index contributed by atoms with van der Waals surface area (Å²) in [7, 11) is 1.58. The van der Waals surface area contributed by atoms with E-state index < -0.39 is 11.7 Å². The minimum absolute atomic E-state index is 0.160. The number of hydrogen-bond acceptors (Lipinski definition) is 6. The molecular weight excluding hydrogens is 431 g/mol. The first-order chi connectivity index (χ1) is 15.8. The van der Waals surface area contributed by atoms with Crippen molar-refractivity contribution in [3.8, 4) is 34.1 Å². The van der Waals surface area contributed by atoms with Gasteiger partial charge >= 0.3 is 6.18 Å². The Morgan fingerprint density at radius 1 is 0.939 bits per heavy atom. The summed E-state index contributed by atoms with van der Waals surface area (Å²) in [5.41, 5.74) is 7.39. The van der Waals surface area contributed by atoms with Gasteiger partial charge in [0.05, 0.1) is 11.1 Å². The quantitative estimate of drug-likeness (QED) is 0.398. The van der Waals surface area contributed by atoms with E-state index in [4.69, 9.17) is 10.5 Å². The Morgan fingerprint density at radius 3 is 2.36 bits per heavy atom. The molecule has 0 amide bonds. The minimum atomic E-state index is -4.43. The molecule has 2 heterocycles. The Morgan fingerprint density at radius 2 is 1.67 bits per heavy atom. The maximum Gasteiger partial charge on any atom is 0.416 e. The van der Waals surface area contributed by atoms with Gasteiger partial charge in [-0.1, -0.05) is 24.3 Å². The van der Waals surface area contributed by atoms with Crippen molar-refractivity contribution in [1.29, 1.82) is 0 Å². The molecule has 33 heavy (non-hydrogen) atoms. The number of aliphatic imine (C=N–C) groups is 1. The SMILES string of the molecule is CN=Cc1c(N)nc(-c2cccnc2)nc1Oc1cccc(-c2cccc(C(F)(F)F)c2)c1. The lowest BCUT2D eigenvalue weighted by atomic mass is 10.0. The van der Waals surface area contributed by atoms with E-state index in [2.05, 4.69) is 19.9 Å². The summed E-state index contributed by atoms with van der Waals surface area (Å²) in [5, 5.41) is 0. The van der Waals surface area contributed by atoms with Gasteiger partial charge in [0, 0.05) is 31.2 Å². The van der Waals surface area contributed by atoms with E-state index in [9.17, 15) is 13.2 Å². The number of anilines is 1. The third-order valence-electron chi connectivity index (χ3n) is 4.69. The Kier molecular flexibility index (Phi) is 6.03. The summed E-state index contributed by atoms with van der Waals surface area (Å²) in [6.07, 6.45) is 0.274. The molecule has 0 aliphatic carbocycles. The predicted molar refractivity (Wildman–Crippen MR) is 120 cm³/mol. The highest BCUT2D eigenvalue weighted by Gasteiger charge is 2.30. The van der Waals surface area contributed by atoms with Crippen LogP contribution in [0.1, 0.15) is 11.1 Å². The maximum atomic E-state index is 13.1. The molecule has 2 N–H and O–H groups in total. The molecule has 9 heteroatoms. The zero-order chi connectivity index (χ0) is 23.4. The number of nitrogens with two attached hydrogens (primary N) is 1. The van der Waals surface area contributed by atoms with Crippen LogP contribution < -0.4 is 10.5 Å². The molecule has 0 aliphatic rings. The van der Waals surface area contributed by atoms with Gasteiger partial charge in [-0.2, -0.15) is 18.2 Å². The average Bonchev–Trinajstić information content (AvgIpc) is 2.81. The zero-order valence-electron chi connectivity index (χ0n) is 17.4. The fourth-order valence-electron chi connectivity index (χ4n) is 3.14. The van der Waals surface area contributed by atoms with Crippen LogP contribution in [-0.2, 0) is 6.18 Å². The molecule has 0 unspecified atom stereocenters. The van der Waals surface area contributed by atoms with Gasteiger partial charge in [-0.15, -0.1) is 0 Å². The van der Waals surface area contributed by atoms with E-state index in [1.165, 1.54) is 12.3 Å². The lowest BCUT2D eigenvalue weighted by Gasteiger charge is -2.13. The molecule has 0 saturated heterocycles.